The van der Waals surface area contributed by atoms with Crippen molar-refractivity contribution in [3.05, 3.63) is 95.6 Å². The van der Waals surface area contributed by atoms with Crippen LogP contribution < -0.4 is 10.2 Å². The van der Waals surface area contributed by atoms with Crippen LogP contribution in [0.3, 0.4) is 0 Å². The lowest BCUT2D eigenvalue weighted by atomic mass is 10.2. The van der Waals surface area contributed by atoms with E-state index in [1.807, 2.05) is 22.6 Å². The van der Waals surface area contributed by atoms with Gasteiger partial charge in [-0.05, 0) is 76.7 Å². The van der Waals surface area contributed by atoms with Crippen LogP contribution in [0.1, 0.15) is 15.9 Å². The molecule has 0 saturated heterocycles. The maximum Gasteiger partial charge on any atom is 0.318 e. The number of carbonyl (C=O) groups excluding carboxylic acids is 1. The average molecular weight is 548 g/mol. The van der Waals surface area contributed by atoms with Gasteiger partial charge in [-0.25, -0.2) is 5.43 Å². The molecule has 162 valence electrons. The third-order valence-electron chi connectivity index (χ3n) is 4.05. The quantitative estimate of drug-likeness (QED) is 0.192. The highest BCUT2D eigenvalue weighted by atomic mass is 127. The topological polar surface area (TPSA) is 157 Å². The largest absolute Gasteiger partial charge is 0.507 e. The van der Waals surface area contributed by atoms with Gasteiger partial charge < -0.3 is 9.84 Å². The molecule has 32 heavy (non-hydrogen) atoms. The van der Waals surface area contributed by atoms with Crippen molar-refractivity contribution in [1.29, 1.82) is 0 Å². The summed E-state index contributed by atoms with van der Waals surface area (Å²) < 4.78 is 6.09. The highest BCUT2D eigenvalue weighted by molar-refractivity contribution is 14.1. The number of hydrogen-bond acceptors (Lipinski definition) is 8. The summed E-state index contributed by atoms with van der Waals surface area (Å²) in [7, 11) is 0. The minimum Gasteiger partial charge on any atom is -0.507 e. The first-order valence-electron chi connectivity index (χ1n) is 8.77. The van der Waals surface area contributed by atoms with Crippen molar-refractivity contribution in [2.75, 3.05) is 0 Å². The maximum atomic E-state index is 12.1. The molecule has 0 aromatic heterocycles. The first-order valence-corrected chi connectivity index (χ1v) is 9.85. The third-order valence-corrected chi connectivity index (χ3v) is 4.96. The molecular weight excluding hydrogens is 535 g/mol. The van der Waals surface area contributed by atoms with Crippen molar-refractivity contribution >= 4 is 46.1 Å². The Morgan fingerprint density at radius 3 is 2.38 bits per heavy atom. The third kappa shape index (κ3) is 5.54. The number of carbonyl (C=O) groups is 1. The smallest absolute Gasteiger partial charge is 0.318 e. The van der Waals surface area contributed by atoms with Crippen LogP contribution in [0.25, 0.3) is 0 Å². The number of halogens is 1. The lowest BCUT2D eigenvalue weighted by molar-refractivity contribution is -0.394. The van der Waals surface area contributed by atoms with E-state index in [1.165, 1.54) is 24.4 Å². The Morgan fingerprint density at radius 2 is 1.75 bits per heavy atom. The Labute approximate surface area is 193 Å². The molecule has 0 aliphatic rings. The maximum absolute atomic E-state index is 12.1. The molecule has 0 fully saturated rings. The summed E-state index contributed by atoms with van der Waals surface area (Å²) in [4.78, 5) is 32.6. The Morgan fingerprint density at radius 1 is 1.03 bits per heavy atom. The van der Waals surface area contributed by atoms with Crippen LogP contribution in [0.4, 0.5) is 11.4 Å². The Hall–Kier alpha value is -4.07. The monoisotopic (exact) mass is 548 g/mol. The first kappa shape index (κ1) is 22.6. The van der Waals surface area contributed by atoms with Gasteiger partial charge >= 0.3 is 5.69 Å². The minimum atomic E-state index is -0.764. The van der Waals surface area contributed by atoms with Gasteiger partial charge in [0, 0.05) is 11.6 Å². The van der Waals surface area contributed by atoms with Crippen LogP contribution in [0, 0.1) is 23.8 Å². The molecule has 0 unspecified atom stereocenters. The standard InChI is InChI=1S/C20H13IN4O7/c21-16-7-3-13(9-18(16)26)20(27)23-22-11-12-1-5-15(6-2-12)32-19-8-4-14(24(28)29)10-17(19)25(30)31/h1-11,26H,(H,23,27)/b22-11-. The van der Waals surface area contributed by atoms with Gasteiger partial charge in [0.2, 0.25) is 5.75 Å². The summed E-state index contributed by atoms with van der Waals surface area (Å²) in [5.74, 6) is -0.392. The van der Waals surface area contributed by atoms with Gasteiger partial charge in [-0.2, -0.15) is 5.10 Å². The zero-order valence-electron chi connectivity index (χ0n) is 16.0. The summed E-state index contributed by atoms with van der Waals surface area (Å²) >= 11 is 1.94. The van der Waals surface area contributed by atoms with Crippen molar-refractivity contribution in [2.24, 2.45) is 5.10 Å². The highest BCUT2D eigenvalue weighted by Gasteiger charge is 2.21. The first-order chi connectivity index (χ1) is 15.2. The zero-order valence-corrected chi connectivity index (χ0v) is 18.1. The van der Waals surface area contributed by atoms with E-state index in [0.717, 1.165) is 18.2 Å². The molecule has 0 bridgehead atoms. The highest BCUT2D eigenvalue weighted by Crippen LogP contribution is 2.34. The number of nitro groups is 2. The number of benzene rings is 3. The van der Waals surface area contributed by atoms with Crippen LogP contribution in [0.5, 0.6) is 17.2 Å². The number of phenolic OH excluding ortho intramolecular Hbond substituents is 1. The summed E-state index contributed by atoms with van der Waals surface area (Å²) in [6, 6.07) is 13.8. The predicted octanol–water partition coefficient (Wildman–Crippen LogP) is 4.37. The van der Waals surface area contributed by atoms with Crippen LogP contribution in [-0.4, -0.2) is 27.1 Å². The Bertz CT molecular complexity index is 1230. The average Bonchev–Trinajstić information content (AvgIpc) is 2.76. The summed E-state index contributed by atoms with van der Waals surface area (Å²) in [6.07, 6.45) is 1.38. The molecule has 0 radical (unpaired) electrons. The Kier molecular flexibility index (Phi) is 6.94. The van der Waals surface area contributed by atoms with Crippen LogP contribution in [-0.2, 0) is 0 Å². The molecule has 0 atom stereocenters. The van der Waals surface area contributed by atoms with E-state index in [0.29, 0.717) is 9.13 Å². The molecule has 0 aliphatic carbocycles. The molecule has 12 heteroatoms. The van der Waals surface area contributed by atoms with Gasteiger partial charge in [-0.1, -0.05) is 0 Å². The molecule has 3 aromatic rings. The van der Waals surface area contributed by atoms with E-state index < -0.39 is 27.1 Å². The second kappa shape index (κ2) is 9.82. The fraction of sp³-hybridized carbons (Fsp3) is 0. The number of rotatable bonds is 7. The number of phenols is 1. The van der Waals surface area contributed by atoms with Crippen LogP contribution in [0.2, 0.25) is 0 Å². The van der Waals surface area contributed by atoms with Gasteiger partial charge in [-0.3, -0.25) is 25.0 Å². The van der Waals surface area contributed by atoms with Gasteiger partial charge in [0.1, 0.15) is 11.5 Å². The van der Waals surface area contributed by atoms with Crippen LogP contribution >= 0.6 is 22.6 Å². The molecule has 1 amide bonds. The molecule has 3 rings (SSSR count). The van der Waals surface area contributed by atoms with Crippen molar-refractivity contribution in [1.82, 2.24) is 5.43 Å². The fourth-order valence-corrected chi connectivity index (χ4v) is 2.82. The van der Waals surface area contributed by atoms with Gasteiger partial charge in [0.05, 0.1) is 25.7 Å². The minimum absolute atomic E-state index is 0.00826. The van der Waals surface area contributed by atoms with Crippen LogP contribution in [0.15, 0.2) is 65.8 Å². The molecule has 2 N–H and O–H groups in total. The van der Waals surface area contributed by atoms with Crippen molar-refractivity contribution in [3.63, 3.8) is 0 Å². The number of nitrogens with zero attached hydrogens (tertiary/aromatic N) is 3. The fourth-order valence-electron chi connectivity index (χ4n) is 2.48. The van der Waals surface area contributed by atoms with Gasteiger partial charge in [0.15, 0.2) is 0 Å². The molecule has 0 heterocycles. The van der Waals surface area contributed by atoms with E-state index >= 15 is 0 Å². The molecule has 0 saturated carbocycles. The second-order valence-corrected chi connectivity index (χ2v) is 7.36. The van der Waals surface area contributed by atoms with Gasteiger partial charge in [0.25, 0.3) is 11.6 Å². The Balaban J connectivity index is 1.66. The number of non-ortho nitro benzene ring substituents is 1. The summed E-state index contributed by atoms with van der Waals surface area (Å²) in [5.41, 5.74) is 2.23. The van der Waals surface area contributed by atoms with E-state index in [4.69, 9.17) is 4.74 Å². The second-order valence-electron chi connectivity index (χ2n) is 6.20. The number of ether oxygens (including phenoxy) is 1. The van der Waals surface area contributed by atoms with Crippen molar-refractivity contribution in [3.8, 4) is 17.2 Å². The molecule has 0 spiro atoms. The number of aromatic hydroxyl groups is 1. The number of amides is 1. The molecule has 0 aliphatic heterocycles. The SMILES string of the molecule is O=C(N/N=C\c1ccc(Oc2ccc([N+](=O)[O-])cc2[N+](=O)[O-])cc1)c1ccc(I)c(O)c1. The number of hydrazone groups is 1. The lowest BCUT2D eigenvalue weighted by Crippen LogP contribution is -2.17. The van der Waals surface area contributed by atoms with E-state index in [-0.39, 0.29) is 22.8 Å². The molecule has 11 nitrogen and oxygen atoms in total. The van der Waals surface area contributed by atoms with E-state index in [2.05, 4.69) is 10.5 Å². The van der Waals surface area contributed by atoms with E-state index in [9.17, 15) is 30.1 Å². The lowest BCUT2D eigenvalue weighted by Gasteiger charge is -2.06. The van der Waals surface area contributed by atoms with E-state index in [1.54, 1.807) is 24.3 Å². The number of nitrogens with one attached hydrogen (secondary N) is 1. The predicted molar refractivity (Wildman–Crippen MR) is 122 cm³/mol. The number of nitro benzene ring substituents is 2. The summed E-state index contributed by atoms with van der Waals surface area (Å²) in [6.45, 7) is 0. The molecular formula is C20H13IN4O7. The molecule has 3 aromatic carbocycles. The van der Waals surface area contributed by atoms with Gasteiger partial charge in [-0.15, -0.1) is 0 Å². The van der Waals surface area contributed by atoms with Crippen molar-refractivity contribution < 1.29 is 24.5 Å². The van der Waals surface area contributed by atoms with Crippen molar-refractivity contribution in [2.45, 2.75) is 0 Å². The normalized spacial score (nSPS) is 10.7. The number of hydrogen-bond donors (Lipinski definition) is 2. The summed E-state index contributed by atoms with van der Waals surface area (Å²) in [5, 5.41) is 35.5. The zero-order chi connectivity index (χ0) is 23.3.